The van der Waals surface area contributed by atoms with Crippen LogP contribution < -0.4 is 5.32 Å². The van der Waals surface area contributed by atoms with Crippen molar-refractivity contribution in [3.63, 3.8) is 0 Å². The van der Waals surface area contributed by atoms with Crippen molar-refractivity contribution in [2.75, 3.05) is 0 Å². The number of hydrogen-bond acceptors (Lipinski definition) is 3. The van der Waals surface area contributed by atoms with Crippen molar-refractivity contribution in [2.45, 2.75) is 31.7 Å². The lowest BCUT2D eigenvalue weighted by atomic mass is 10.2. The highest BCUT2D eigenvalue weighted by Gasteiger charge is 2.28. The Morgan fingerprint density at radius 1 is 1.59 bits per heavy atom. The Morgan fingerprint density at radius 2 is 2.24 bits per heavy atom. The van der Waals surface area contributed by atoms with Crippen LogP contribution in [0.2, 0.25) is 0 Å². The molecule has 1 heterocycles. The van der Waals surface area contributed by atoms with E-state index in [2.05, 4.69) is 10.4 Å². The van der Waals surface area contributed by atoms with Crippen molar-refractivity contribution in [1.82, 2.24) is 15.1 Å². The van der Waals surface area contributed by atoms with E-state index in [1.165, 1.54) is 6.92 Å². The van der Waals surface area contributed by atoms with Crippen LogP contribution in [0.15, 0.2) is 6.07 Å². The fraction of sp³-hybridized carbons (Fsp3) is 0.545. The van der Waals surface area contributed by atoms with Crippen molar-refractivity contribution in [2.24, 2.45) is 7.05 Å². The quantitative estimate of drug-likeness (QED) is 0.798. The monoisotopic (exact) mass is 237 g/mol. The number of amides is 1. The zero-order valence-electron chi connectivity index (χ0n) is 9.80. The average molecular weight is 237 g/mol. The summed E-state index contributed by atoms with van der Waals surface area (Å²) in [6, 6.07) is 0.829. The zero-order valence-corrected chi connectivity index (χ0v) is 9.80. The van der Waals surface area contributed by atoms with Crippen molar-refractivity contribution in [3.8, 4) is 0 Å². The minimum atomic E-state index is -1.06. The van der Waals surface area contributed by atoms with Crippen molar-refractivity contribution in [1.29, 1.82) is 0 Å². The molecular weight excluding hydrogens is 222 g/mol. The summed E-state index contributed by atoms with van der Waals surface area (Å²) in [7, 11) is 1.80. The molecule has 1 aromatic heterocycles. The SMILES string of the molecule is CC(NC(=O)c1cc(C2CC2)n(C)n1)C(=O)O. The largest absolute Gasteiger partial charge is 0.480 e. The van der Waals surface area contributed by atoms with E-state index in [1.807, 2.05) is 0 Å². The maximum Gasteiger partial charge on any atom is 0.325 e. The number of hydrogen-bond donors (Lipinski definition) is 2. The molecule has 17 heavy (non-hydrogen) atoms. The number of nitrogens with one attached hydrogen (secondary N) is 1. The van der Waals surface area contributed by atoms with E-state index in [4.69, 9.17) is 5.11 Å². The molecule has 92 valence electrons. The van der Waals surface area contributed by atoms with Gasteiger partial charge in [-0.05, 0) is 25.8 Å². The minimum absolute atomic E-state index is 0.280. The van der Waals surface area contributed by atoms with Gasteiger partial charge < -0.3 is 10.4 Å². The number of carboxylic acids is 1. The molecule has 0 aromatic carbocycles. The summed E-state index contributed by atoms with van der Waals surface area (Å²) in [6.45, 7) is 1.42. The second-order valence-electron chi connectivity index (χ2n) is 4.39. The zero-order chi connectivity index (χ0) is 12.6. The molecule has 2 N–H and O–H groups in total. The smallest absolute Gasteiger partial charge is 0.325 e. The van der Waals surface area contributed by atoms with Crippen molar-refractivity contribution in [3.05, 3.63) is 17.5 Å². The van der Waals surface area contributed by atoms with E-state index < -0.39 is 17.9 Å². The minimum Gasteiger partial charge on any atom is -0.480 e. The summed E-state index contributed by atoms with van der Waals surface area (Å²) in [5.41, 5.74) is 1.32. The first-order chi connectivity index (χ1) is 7.99. The maximum absolute atomic E-state index is 11.7. The molecule has 6 heteroatoms. The molecule has 1 amide bonds. The van der Waals surface area contributed by atoms with Gasteiger partial charge in [0, 0.05) is 18.7 Å². The molecule has 0 aliphatic heterocycles. The molecule has 1 saturated carbocycles. The van der Waals surface area contributed by atoms with Gasteiger partial charge in [-0.1, -0.05) is 0 Å². The van der Waals surface area contributed by atoms with Gasteiger partial charge in [0.1, 0.15) is 11.7 Å². The number of aromatic nitrogens is 2. The molecule has 1 aliphatic carbocycles. The molecule has 1 aliphatic rings. The Kier molecular flexibility index (Phi) is 2.87. The molecule has 0 spiro atoms. The summed E-state index contributed by atoms with van der Waals surface area (Å²) >= 11 is 0. The van der Waals surface area contributed by atoms with Gasteiger partial charge >= 0.3 is 5.97 Å². The molecule has 1 unspecified atom stereocenters. The van der Waals surface area contributed by atoms with Crippen LogP contribution in [0.1, 0.15) is 41.9 Å². The van der Waals surface area contributed by atoms with Gasteiger partial charge in [0.25, 0.3) is 5.91 Å². The van der Waals surface area contributed by atoms with E-state index >= 15 is 0 Å². The number of rotatable bonds is 4. The third-order valence-corrected chi connectivity index (χ3v) is 2.86. The number of nitrogens with zero attached hydrogens (tertiary/aromatic N) is 2. The maximum atomic E-state index is 11.7. The fourth-order valence-corrected chi connectivity index (χ4v) is 1.69. The number of carbonyl (C=O) groups is 2. The van der Waals surface area contributed by atoms with Gasteiger partial charge in [-0.25, -0.2) is 0 Å². The van der Waals surface area contributed by atoms with Gasteiger partial charge in [0.05, 0.1) is 0 Å². The third-order valence-electron chi connectivity index (χ3n) is 2.86. The predicted octanol–water partition coefficient (Wildman–Crippen LogP) is 0.500. The molecule has 1 atom stereocenters. The second-order valence-corrected chi connectivity index (χ2v) is 4.39. The lowest BCUT2D eigenvalue weighted by Crippen LogP contribution is -2.38. The van der Waals surface area contributed by atoms with Crippen LogP contribution in [-0.2, 0) is 11.8 Å². The lowest BCUT2D eigenvalue weighted by molar-refractivity contribution is -0.138. The van der Waals surface area contributed by atoms with E-state index in [-0.39, 0.29) is 5.69 Å². The highest BCUT2D eigenvalue weighted by atomic mass is 16.4. The number of aryl methyl sites for hydroxylation is 1. The van der Waals surface area contributed by atoms with Crippen LogP contribution in [0.3, 0.4) is 0 Å². The summed E-state index contributed by atoms with van der Waals surface area (Å²) < 4.78 is 1.69. The normalized spacial score (nSPS) is 16.6. The van der Waals surface area contributed by atoms with Crippen LogP contribution in [0.25, 0.3) is 0 Å². The first kappa shape index (κ1) is 11.6. The van der Waals surface area contributed by atoms with Gasteiger partial charge in [0.15, 0.2) is 0 Å². The highest BCUT2D eigenvalue weighted by molar-refractivity contribution is 5.94. The Hall–Kier alpha value is -1.85. The first-order valence-electron chi connectivity index (χ1n) is 5.56. The van der Waals surface area contributed by atoms with Crippen LogP contribution >= 0.6 is 0 Å². The Morgan fingerprint density at radius 3 is 2.76 bits per heavy atom. The molecule has 1 aromatic rings. The van der Waals surface area contributed by atoms with Gasteiger partial charge in [-0.3, -0.25) is 14.3 Å². The molecule has 0 bridgehead atoms. The Balaban J connectivity index is 2.08. The molecule has 1 fully saturated rings. The molecule has 6 nitrogen and oxygen atoms in total. The van der Waals surface area contributed by atoms with Crippen LogP contribution in [0.4, 0.5) is 0 Å². The first-order valence-corrected chi connectivity index (χ1v) is 5.56. The number of aliphatic carboxylic acids is 1. The highest BCUT2D eigenvalue weighted by Crippen LogP contribution is 2.39. The standard InChI is InChI=1S/C11H15N3O3/c1-6(11(16)17)12-10(15)8-5-9(7-3-4-7)14(2)13-8/h5-7H,3-4H2,1-2H3,(H,12,15)(H,16,17). The summed E-state index contributed by atoms with van der Waals surface area (Å²) in [6.07, 6.45) is 2.26. The number of carboxylic acid groups (broad SMARTS) is 1. The number of carbonyl (C=O) groups excluding carboxylic acids is 1. The van der Waals surface area contributed by atoms with E-state index in [9.17, 15) is 9.59 Å². The van der Waals surface area contributed by atoms with Crippen molar-refractivity contribution >= 4 is 11.9 Å². The fourth-order valence-electron chi connectivity index (χ4n) is 1.69. The lowest BCUT2D eigenvalue weighted by Gasteiger charge is -2.06. The predicted molar refractivity (Wildman–Crippen MR) is 59.7 cm³/mol. The van der Waals surface area contributed by atoms with E-state index in [0.29, 0.717) is 5.92 Å². The van der Waals surface area contributed by atoms with Gasteiger partial charge in [-0.2, -0.15) is 5.10 Å². The Labute approximate surface area is 98.6 Å². The molecule has 0 radical (unpaired) electrons. The van der Waals surface area contributed by atoms with Gasteiger partial charge in [-0.15, -0.1) is 0 Å². The van der Waals surface area contributed by atoms with Crippen LogP contribution in [0.5, 0.6) is 0 Å². The summed E-state index contributed by atoms with van der Waals surface area (Å²) in [5.74, 6) is -0.995. The van der Waals surface area contributed by atoms with E-state index in [0.717, 1.165) is 18.5 Å². The second kappa shape index (κ2) is 4.20. The third kappa shape index (κ3) is 2.46. The Bertz CT molecular complexity index is 463. The van der Waals surface area contributed by atoms with Crippen molar-refractivity contribution < 1.29 is 14.7 Å². The average Bonchev–Trinajstić information content (AvgIpc) is 3.02. The molecule has 0 saturated heterocycles. The molecular formula is C11H15N3O3. The topological polar surface area (TPSA) is 84.2 Å². The van der Waals surface area contributed by atoms with Crippen LogP contribution in [0, 0.1) is 0 Å². The van der Waals surface area contributed by atoms with E-state index in [1.54, 1.807) is 17.8 Å². The summed E-state index contributed by atoms with van der Waals surface area (Å²) in [5, 5.41) is 15.2. The molecule has 2 rings (SSSR count). The van der Waals surface area contributed by atoms with Gasteiger partial charge in [0.2, 0.25) is 0 Å². The van der Waals surface area contributed by atoms with Crippen LogP contribution in [-0.4, -0.2) is 32.8 Å². The summed E-state index contributed by atoms with van der Waals surface area (Å²) in [4.78, 5) is 22.3.